The zero-order valence-corrected chi connectivity index (χ0v) is 11.4. The first-order chi connectivity index (χ1) is 10.0. The van der Waals surface area contributed by atoms with Crippen LogP contribution in [0.3, 0.4) is 0 Å². The van der Waals surface area contributed by atoms with Gasteiger partial charge < -0.3 is 15.5 Å². The maximum atomic E-state index is 10.6. The minimum atomic E-state index is -0.467. The van der Waals surface area contributed by atoms with E-state index in [4.69, 9.17) is 0 Å². The highest BCUT2D eigenvalue weighted by molar-refractivity contribution is 5.50. The van der Waals surface area contributed by atoms with Crippen LogP contribution in [0.4, 0.5) is 11.4 Å². The van der Waals surface area contributed by atoms with Crippen molar-refractivity contribution < 1.29 is 15.1 Å². The number of nitro groups is 1. The number of benzene rings is 1. The zero-order valence-electron chi connectivity index (χ0n) is 11.4. The predicted molar refractivity (Wildman–Crippen MR) is 77.0 cm³/mol. The lowest BCUT2D eigenvalue weighted by Crippen LogP contribution is -2.05. The molecule has 0 radical (unpaired) electrons. The van der Waals surface area contributed by atoms with E-state index in [1.807, 2.05) is 0 Å². The molecule has 7 heteroatoms. The number of hydrogen-bond acceptors (Lipinski definition) is 6. The van der Waals surface area contributed by atoms with Crippen molar-refractivity contribution in [2.75, 3.05) is 5.32 Å². The summed E-state index contributed by atoms with van der Waals surface area (Å²) in [6.45, 7) is 1.73. The van der Waals surface area contributed by atoms with Gasteiger partial charge in [0, 0.05) is 41.7 Å². The molecule has 0 aliphatic rings. The van der Waals surface area contributed by atoms with Crippen LogP contribution in [0.1, 0.15) is 16.8 Å². The van der Waals surface area contributed by atoms with E-state index in [0.717, 1.165) is 0 Å². The van der Waals surface area contributed by atoms with Crippen LogP contribution in [0.15, 0.2) is 30.5 Å². The number of hydrogen-bond donors (Lipinski definition) is 3. The highest BCUT2D eigenvalue weighted by Crippen LogP contribution is 2.25. The van der Waals surface area contributed by atoms with Gasteiger partial charge in [0.05, 0.1) is 17.2 Å². The summed E-state index contributed by atoms with van der Waals surface area (Å²) in [5.41, 5.74) is 2.26. The van der Waals surface area contributed by atoms with Crippen molar-refractivity contribution >= 4 is 11.4 Å². The Labute approximate surface area is 121 Å². The van der Waals surface area contributed by atoms with E-state index in [1.165, 1.54) is 18.3 Å². The van der Waals surface area contributed by atoms with E-state index >= 15 is 0 Å². The van der Waals surface area contributed by atoms with Crippen molar-refractivity contribution in [2.45, 2.75) is 20.1 Å². The molecule has 1 aromatic carbocycles. The Kier molecular flexibility index (Phi) is 4.34. The van der Waals surface area contributed by atoms with Crippen LogP contribution >= 0.6 is 0 Å². The number of pyridine rings is 1. The Morgan fingerprint density at radius 1 is 1.33 bits per heavy atom. The third-order valence-corrected chi connectivity index (χ3v) is 3.15. The Balaban J connectivity index is 2.16. The first kappa shape index (κ1) is 14.7. The summed E-state index contributed by atoms with van der Waals surface area (Å²) in [6.07, 6.45) is 1.52. The smallest absolute Gasteiger partial charge is 0.269 e. The molecule has 2 aromatic rings. The fourth-order valence-corrected chi connectivity index (χ4v) is 1.91. The fourth-order valence-electron chi connectivity index (χ4n) is 1.91. The number of aryl methyl sites for hydroxylation is 1. The summed E-state index contributed by atoms with van der Waals surface area (Å²) >= 11 is 0. The number of anilines is 1. The summed E-state index contributed by atoms with van der Waals surface area (Å²) in [5, 5.41) is 32.9. The Hall–Kier alpha value is -2.67. The summed E-state index contributed by atoms with van der Waals surface area (Å²) in [6, 6.07) is 5.96. The van der Waals surface area contributed by atoms with Gasteiger partial charge in [-0.3, -0.25) is 15.1 Å². The van der Waals surface area contributed by atoms with Crippen molar-refractivity contribution in [1.82, 2.24) is 4.98 Å². The van der Waals surface area contributed by atoms with Gasteiger partial charge in [0.15, 0.2) is 0 Å². The fraction of sp³-hybridized carbons (Fsp3) is 0.214. The number of rotatable bonds is 5. The van der Waals surface area contributed by atoms with Crippen molar-refractivity contribution in [3.8, 4) is 5.75 Å². The van der Waals surface area contributed by atoms with Crippen LogP contribution in [-0.2, 0) is 13.2 Å². The average Bonchev–Trinajstić information content (AvgIpc) is 2.49. The second-order valence-corrected chi connectivity index (χ2v) is 4.51. The molecule has 0 saturated heterocycles. The summed E-state index contributed by atoms with van der Waals surface area (Å²) in [5.74, 6) is 0.0379. The van der Waals surface area contributed by atoms with Crippen LogP contribution in [0.25, 0.3) is 0 Å². The van der Waals surface area contributed by atoms with Gasteiger partial charge in [0.2, 0.25) is 0 Å². The molecular weight excluding hydrogens is 274 g/mol. The van der Waals surface area contributed by atoms with E-state index in [9.17, 15) is 20.3 Å². The minimum Gasteiger partial charge on any atom is -0.506 e. The van der Waals surface area contributed by atoms with Gasteiger partial charge in [0.1, 0.15) is 5.75 Å². The van der Waals surface area contributed by atoms with Crippen molar-refractivity contribution in [1.29, 1.82) is 0 Å². The number of non-ortho nitro benzene ring substituents is 1. The van der Waals surface area contributed by atoms with Crippen molar-refractivity contribution in [2.24, 2.45) is 0 Å². The second kappa shape index (κ2) is 6.19. The van der Waals surface area contributed by atoms with Gasteiger partial charge in [0.25, 0.3) is 5.69 Å². The monoisotopic (exact) mass is 289 g/mol. The SMILES string of the molecule is Cc1ncc(CO)c(CNc2ccc([N+](=O)[O-])cc2)c1O. The lowest BCUT2D eigenvalue weighted by Gasteiger charge is -2.13. The molecule has 110 valence electrons. The molecule has 0 amide bonds. The molecular formula is C14H15N3O4. The van der Waals surface area contributed by atoms with E-state index in [0.29, 0.717) is 22.5 Å². The first-order valence-electron chi connectivity index (χ1n) is 6.28. The first-order valence-corrected chi connectivity index (χ1v) is 6.28. The minimum absolute atomic E-state index is 0.0131. The number of aromatic nitrogens is 1. The van der Waals surface area contributed by atoms with Gasteiger partial charge >= 0.3 is 0 Å². The van der Waals surface area contributed by atoms with Gasteiger partial charge in [-0.05, 0) is 19.1 Å². The number of nitro benzene ring substituents is 1. The lowest BCUT2D eigenvalue weighted by atomic mass is 10.1. The molecule has 0 saturated carbocycles. The number of aliphatic hydroxyl groups is 1. The summed E-state index contributed by atoms with van der Waals surface area (Å²) < 4.78 is 0. The molecule has 0 bridgehead atoms. The van der Waals surface area contributed by atoms with Gasteiger partial charge in [-0.1, -0.05) is 0 Å². The molecule has 3 N–H and O–H groups in total. The maximum Gasteiger partial charge on any atom is 0.269 e. The van der Waals surface area contributed by atoms with Crippen LogP contribution < -0.4 is 5.32 Å². The normalized spacial score (nSPS) is 10.4. The molecule has 0 atom stereocenters. The number of nitrogens with zero attached hydrogens (tertiary/aromatic N) is 2. The third kappa shape index (κ3) is 3.26. The van der Waals surface area contributed by atoms with E-state index in [1.54, 1.807) is 19.1 Å². The Morgan fingerprint density at radius 3 is 2.57 bits per heavy atom. The summed E-state index contributed by atoms with van der Waals surface area (Å²) in [7, 11) is 0. The van der Waals surface area contributed by atoms with Crippen LogP contribution in [0.5, 0.6) is 5.75 Å². The Bertz CT molecular complexity index is 656. The van der Waals surface area contributed by atoms with Gasteiger partial charge in [-0.2, -0.15) is 0 Å². The molecule has 2 rings (SSSR count). The predicted octanol–water partition coefficient (Wildman–Crippen LogP) is 2.11. The second-order valence-electron chi connectivity index (χ2n) is 4.51. The number of nitrogens with one attached hydrogen (secondary N) is 1. The molecule has 1 heterocycles. The van der Waals surface area contributed by atoms with E-state index in [-0.39, 0.29) is 24.6 Å². The number of aliphatic hydroxyl groups excluding tert-OH is 1. The lowest BCUT2D eigenvalue weighted by molar-refractivity contribution is -0.384. The van der Waals surface area contributed by atoms with Crippen molar-refractivity contribution in [3.05, 3.63) is 57.4 Å². The molecule has 1 aromatic heterocycles. The molecule has 0 fully saturated rings. The van der Waals surface area contributed by atoms with Crippen LogP contribution in [0, 0.1) is 17.0 Å². The molecule has 0 unspecified atom stereocenters. The van der Waals surface area contributed by atoms with Crippen molar-refractivity contribution in [3.63, 3.8) is 0 Å². The van der Waals surface area contributed by atoms with E-state index < -0.39 is 4.92 Å². The molecule has 0 spiro atoms. The largest absolute Gasteiger partial charge is 0.506 e. The quantitative estimate of drug-likeness (QED) is 0.574. The molecule has 21 heavy (non-hydrogen) atoms. The third-order valence-electron chi connectivity index (χ3n) is 3.15. The standard InChI is InChI=1S/C14H15N3O4/c1-9-14(19)13(10(8-18)6-15-9)7-16-11-2-4-12(5-3-11)17(20)21/h2-6,16,18-19H,7-8H2,1H3. The van der Waals surface area contributed by atoms with E-state index in [2.05, 4.69) is 10.3 Å². The maximum absolute atomic E-state index is 10.6. The summed E-state index contributed by atoms with van der Waals surface area (Å²) in [4.78, 5) is 14.1. The topological polar surface area (TPSA) is 109 Å². The highest BCUT2D eigenvalue weighted by Gasteiger charge is 2.11. The average molecular weight is 289 g/mol. The van der Waals surface area contributed by atoms with Crippen LogP contribution in [0.2, 0.25) is 0 Å². The molecule has 7 nitrogen and oxygen atoms in total. The highest BCUT2D eigenvalue weighted by atomic mass is 16.6. The van der Waals surface area contributed by atoms with Crippen LogP contribution in [-0.4, -0.2) is 20.1 Å². The molecule has 0 aliphatic carbocycles. The molecule has 0 aliphatic heterocycles. The van der Waals surface area contributed by atoms with Gasteiger partial charge in [-0.15, -0.1) is 0 Å². The van der Waals surface area contributed by atoms with Gasteiger partial charge in [-0.25, -0.2) is 0 Å². The zero-order chi connectivity index (χ0) is 15.4. The Morgan fingerprint density at radius 2 is 2.00 bits per heavy atom. The number of aromatic hydroxyl groups is 1.